The highest BCUT2D eigenvalue weighted by molar-refractivity contribution is 5.78. The Bertz CT molecular complexity index is 827. The largest absolute Gasteiger partial charge is 0.484 e. The number of benzene rings is 2. The average Bonchev–Trinajstić information content (AvgIpc) is 3.11. The molecule has 0 unspecified atom stereocenters. The van der Waals surface area contributed by atoms with E-state index in [0.29, 0.717) is 6.54 Å². The number of amides is 1. The fourth-order valence-electron chi connectivity index (χ4n) is 3.35. The molecule has 0 bridgehead atoms. The minimum Gasteiger partial charge on any atom is -0.484 e. The molecule has 1 N–H and O–H groups in total. The lowest BCUT2D eigenvalue weighted by atomic mass is 9.97. The molecule has 25 heavy (non-hydrogen) atoms. The zero-order valence-electron chi connectivity index (χ0n) is 14.0. The van der Waals surface area contributed by atoms with E-state index >= 15 is 0 Å². The Morgan fingerprint density at radius 1 is 1.16 bits per heavy atom. The molecule has 2 aromatic carbocycles. The second kappa shape index (κ2) is 6.97. The Balaban J connectivity index is 1.41. The first-order valence-electron chi connectivity index (χ1n) is 8.70. The second-order valence-corrected chi connectivity index (χ2v) is 6.42. The van der Waals surface area contributed by atoms with Gasteiger partial charge in [-0.2, -0.15) is 0 Å². The summed E-state index contributed by atoms with van der Waals surface area (Å²) >= 11 is 0. The van der Waals surface area contributed by atoms with Gasteiger partial charge in [-0.3, -0.25) is 4.79 Å². The lowest BCUT2D eigenvalue weighted by molar-refractivity contribution is -0.134. The number of piperidine rings is 1. The van der Waals surface area contributed by atoms with Crippen LogP contribution in [0.15, 0.2) is 54.6 Å². The van der Waals surface area contributed by atoms with Crippen molar-refractivity contribution >= 4 is 16.9 Å². The van der Waals surface area contributed by atoms with Crippen molar-refractivity contribution < 1.29 is 9.53 Å². The monoisotopic (exact) mass is 335 g/mol. The summed E-state index contributed by atoms with van der Waals surface area (Å²) in [5.41, 5.74) is 2.03. The maximum Gasteiger partial charge on any atom is 0.260 e. The molecule has 128 valence electrons. The first kappa shape index (κ1) is 15.7. The van der Waals surface area contributed by atoms with Crippen LogP contribution in [0.1, 0.15) is 24.6 Å². The standard InChI is InChI=1S/C20H21N3O2/c24-19(14-25-16-8-2-1-3-9-16)23-12-6-7-15(13-23)20-21-17-10-4-5-11-18(17)22-20/h1-5,8-11,15H,6-7,12-14H2,(H,21,22)/t15-/m1/s1. The van der Waals surface area contributed by atoms with Crippen LogP contribution in [-0.4, -0.2) is 40.5 Å². The summed E-state index contributed by atoms with van der Waals surface area (Å²) in [5, 5.41) is 0. The molecule has 5 nitrogen and oxygen atoms in total. The topological polar surface area (TPSA) is 58.2 Å². The number of aromatic amines is 1. The molecule has 1 aliphatic heterocycles. The van der Waals surface area contributed by atoms with Crippen molar-refractivity contribution in [2.24, 2.45) is 0 Å². The zero-order valence-corrected chi connectivity index (χ0v) is 14.0. The van der Waals surface area contributed by atoms with E-state index in [0.717, 1.165) is 42.0 Å². The van der Waals surface area contributed by atoms with Gasteiger partial charge < -0.3 is 14.6 Å². The number of fused-ring (bicyclic) bond motifs is 1. The number of nitrogens with zero attached hydrogens (tertiary/aromatic N) is 2. The van der Waals surface area contributed by atoms with Gasteiger partial charge >= 0.3 is 0 Å². The predicted octanol–water partition coefficient (Wildman–Crippen LogP) is 3.35. The Morgan fingerprint density at radius 3 is 2.80 bits per heavy atom. The lowest BCUT2D eigenvalue weighted by Crippen LogP contribution is -2.41. The molecule has 2 heterocycles. The number of carbonyl (C=O) groups excluding carboxylic acids is 1. The SMILES string of the molecule is O=C(COc1ccccc1)N1CCC[C@@H](c2nc3ccccc3[nH]2)C1. The number of nitrogens with one attached hydrogen (secondary N) is 1. The van der Waals surface area contributed by atoms with Crippen LogP contribution in [0.25, 0.3) is 11.0 Å². The number of para-hydroxylation sites is 3. The van der Waals surface area contributed by atoms with Gasteiger partial charge in [-0.25, -0.2) is 4.98 Å². The summed E-state index contributed by atoms with van der Waals surface area (Å²) in [4.78, 5) is 22.5. The lowest BCUT2D eigenvalue weighted by Gasteiger charge is -2.31. The molecule has 0 radical (unpaired) electrons. The average molecular weight is 335 g/mol. The van der Waals surface area contributed by atoms with Crippen molar-refractivity contribution in [1.29, 1.82) is 0 Å². The number of likely N-dealkylation sites (tertiary alicyclic amines) is 1. The van der Waals surface area contributed by atoms with Crippen molar-refractivity contribution in [3.63, 3.8) is 0 Å². The van der Waals surface area contributed by atoms with Crippen LogP contribution in [0, 0.1) is 0 Å². The van der Waals surface area contributed by atoms with Gasteiger partial charge in [-0.1, -0.05) is 30.3 Å². The molecule has 1 amide bonds. The highest BCUT2D eigenvalue weighted by atomic mass is 16.5. The fourth-order valence-corrected chi connectivity index (χ4v) is 3.35. The number of H-pyrrole nitrogens is 1. The summed E-state index contributed by atoms with van der Waals surface area (Å²) in [6, 6.07) is 17.5. The zero-order chi connectivity index (χ0) is 17.1. The van der Waals surface area contributed by atoms with Crippen molar-refractivity contribution in [1.82, 2.24) is 14.9 Å². The highest BCUT2D eigenvalue weighted by Crippen LogP contribution is 2.26. The summed E-state index contributed by atoms with van der Waals surface area (Å²) in [6.45, 7) is 1.56. The van der Waals surface area contributed by atoms with Crippen LogP contribution in [0.4, 0.5) is 0 Å². The normalized spacial score (nSPS) is 17.6. The van der Waals surface area contributed by atoms with Gasteiger partial charge in [-0.05, 0) is 37.1 Å². The van der Waals surface area contributed by atoms with Crippen molar-refractivity contribution in [2.45, 2.75) is 18.8 Å². The van der Waals surface area contributed by atoms with Crippen LogP contribution in [0.3, 0.4) is 0 Å². The molecule has 0 spiro atoms. The van der Waals surface area contributed by atoms with E-state index in [2.05, 4.69) is 4.98 Å². The van der Waals surface area contributed by atoms with Crippen LogP contribution in [0.5, 0.6) is 5.75 Å². The van der Waals surface area contributed by atoms with Crippen molar-refractivity contribution in [2.75, 3.05) is 19.7 Å². The Morgan fingerprint density at radius 2 is 1.96 bits per heavy atom. The maximum absolute atomic E-state index is 12.5. The van der Waals surface area contributed by atoms with Crippen LogP contribution in [0.2, 0.25) is 0 Å². The molecule has 1 saturated heterocycles. The molecule has 1 fully saturated rings. The molecule has 0 aliphatic carbocycles. The Labute approximate surface area is 146 Å². The van der Waals surface area contributed by atoms with Gasteiger partial charge in [0.1, 0.15) is 11.6 Å². The van der Waals surface area contributed by atoms with E-state index in [1.807, 2.05) is 59.5 Å². The van der Waals surface area contributed by atoms with E-state index < -0.39 is 0 Å². The molecule has 0 saturated carbocycles. The third kappa shape index (κ3) is 3.50. The summed E-state index contributed by atoms with van der Waals surface area (Å²) < 4.78 is 5.60. The van der Waals surface area contributed by atoms with Crippen LogP contribution < -0.4 is 4.74 Å². The van der Waals surface area contributed by atoms with E-state index in [4.69, 9.17) is 9.72 Å². The van der Waals surface area contributed by atoms with Crippen molar-refractivity contribution in [3.8, 4) is 5.75 Å². The minimum absolute atomic E-state index is 0.0321. The highest BCUT2D eigenvalue weighted by Gasteiger charge is 2.26. The number of aromatic nitrogens is 2. The number of hydrogen-bond donors (Lipinski definition) is 1. The van der Waals surface area contributed by atoms with E-state index in [9.17, 15) is 4.79 Å². The smallest absolute Gasteiger partial charge is 0.260 e. The van der Waals surface area contributed by atoms with E-state index in [1.54, 1.807) is 0 Å². The van der Waals surface area contributed by atoms with E-state index in [1.165, 1.54) is 0 Å². The number of rotatable bonds is 4. The molecule has 3 aromatic rings. The van der Waals surface area contributed by atoms with Crippen molar-refractivity contribution in [3.05, 3.63) is 60.4 Å². The number of hydrogen-bond acceptors (Lipinski definition) is 3. The molecule has 4 rings (SSSR count). The van der Waals surface area contributed by atoms with Gasteiger partial charge in [-0.15, -0.1) is 0 Å². The molecule has 5 heteroatoms. The quantitative estimate of drug-likeness (QED) is 0.795. The van der Waals surface area contributed by atoms with Gasteiger partial charge in [0, 0.05) is 19.0 Å². The summed E-state index contributed by atoms with van der Waals surface area (Å²) in [5.74, 6) is 1.98. The molecule has 1 aromatic heterocycles. The second-order valence-electron chi connectivity index (χ2n) is 6.42. The van der Waals surface area contributed by atoms with Gasteiger partial charge in [0.05, 0.1) is 11.0 Å². The minimum atomic E-state index is 0.0321. The van der Waals surface area contributed by atoms with Gasteiger partial charge in [0.25, 0.3) is 5.91 Å². The third-order valence-corrected chi connectivity index (χ3v) is 4.67. The molecular weight excluding hydrogens is 314 g/mol. The van der Waals surface area contributed by atoms with Crippen LogP contribution in [-0.2, 0) is 4.79 Å². The third-order valence-electron chi connectivity index (χ3n) is 4.67. The fraction of sp³-hybridized carbons (Fsp3) is 0.300. The Kier molecular flexibility index (Phi) is 4.37. The molecule has 1 atom stereocenters. The molecular formula is C20H21N3O2. The van der Waals surface area contributed by atoms with Crippen LogP contribution >= 0.6 is 0 Å². The number of imidazole rings is 1. The predicted molar refractivity (Wildman–Crippen MR) is 96.6 cm³/mol. The van der Waals surface area contributed by atoms with Gasteiger partial charge in [0.2, 0.25) is 0 Å². The first-order valence-corrected chi connectivity index (χ1v) is 8.70. The number of carbonyl (C=O) groups is 1. The number of ether oxygens (including phenoxy) is 1. The first-order chi connectivity index (χ1) is 12.3. The molecule has 1 aliphatic rings. The van der Waals surface area contributed by atoms with Gasteiger partial charge in [0.15, 0.2) is 6.61 Å². The summed E-state index contributed by atoms with van der Waals surface area (Å²) in [7, 11) is 0. The summed E-state index contributed by atoms with van der Waals surface area (Å²) in [6.07, 6.45) is 2.03. The maximum atomic E-state index is 12.5. The Hall–Kier alpha value is -2.82. The van der Waals surface area contributed by atoms with E-state index in [-0.39, 0.29) is 18.4 Å².